The van der Waals surface area contributed by atoms with E-state index >= 15 is 0 Å². The lowest BCUT2D eigenvalue weighted by Crippen LogP contribution is -2.11. The minimum Gasteiger partial charge on any atom is -0.493 e. The summed E-state index contributed by atoms with van der Waals surface area (Å²) in [7, 11) is 3.12. The number of carboxylic acids is 1. The largest absolute Gasteiger partial charge is 0.493 e. The van der Waals surface area contributed by atoms with Gasteiger partial charge in [0.05, 0.1) is 19.9 Å². The number of methoxy groups -OCH3 is 2. The van der Waals surface area contributed by atoms with Crippen molar-refractivity contribution in [3.05, 3.63) is 30.0 Å². The van der Waals surface area contributed by atoms with Crippen molar-refractivity contribution in [1.29, 1.82) is 0 Å². The summed E-state index contributed by atoms with van der Waals surface area (Å²) in [6.45, 7) is 3.77. The van der Waals surface area contributed by atoms with Gasteiger partial charge in [-0.3, -0.25) is 4.68 Å². The van der Waals surface area contributed by atoms with Crippen LogP contribution in [0, 0.1) is 0 Å². The van der Waals surface area contributed by atoms with Crippen molar-refractivity contribution >= 4 is 5.97 Å². The zero-order chi connectivity index (χ0) is 15.6. The fourth-order valence-corrected chi connectivity index (χ4v) is 2.08. The van der Waals surface area contributed by atoms with Crippen LogP contribution in [0.25, 0.3) is 11.3 Å². The Kier molecular flexibility index (Phi) is 4.16. The Morgan fingerprint density at radius 1 is 1.19 bits per heavy atom. The first-order valence-electron chi connectivity index (χ1n) is 6.53. The number of carbonyl (C=O) groups is 1. The predicted molar refractivity (Wildman–Crippen MR) is 78.1 cm³/mol. The van der Waals surface area contributed by atoms with Gasteiger partial charge in [-0.15, -0.1) is 0 Å². The van der Waals surface area contributed by atoms with Crippen molar-refractivity contribution in [3.8, 4) is 22.8 Å². The van der Waals surface area contributed by atoms with Crippen molar-refractivity contribution in [2.75, 3.05) is 14.2 Å². The fraction of sp³-hybridized carbons (Fsp3) is 0.333. The molecule has 112 valence electrons. The molecule has 0 aliphatic heterocycles. The predicted octanol–water partition coefficient (Wildman–Crippen LogP) is 2.85. The van der Waals surface area contributed by atoms with E-state index in [1.807, 2.05) is 19.9 Å². The van der Waals surface area contributed by atoms with Gasteiger partial charge < -0.3 is 14.6 Å². The molecule has 0 unspecified atom stereocenters. The Balaban J connectivity index is 2.52. The van der Waals surface area contributed by atoms with E-state index in [0.29, 0.717) is 17.2 Å². The molecule has 6 nitrogen and oxygen atoms in total. The smallest absolute Gasteiger partial charge is 0.354 e. The normalized spacial score (nSPS) is 10.7. The average molecular weight is 290 g/mol. The van der Waals surface area contributed by atoms with E-state index in [-0.39, 0.29) is 11.7 Å². The fourth-order valence-electron chi connectivity index (χ4n) is 2.08. The summed E-state index contributed by atoms with van der Waals surface area (Å²) >= 11 is 0. The van der Waals surface area contributed by atoms with Gasteiger partial charge in [-0.25, -0.2) is 4.79 Å². The number of benzene rings is 1. The zero-order valence-electron chi connectivity index (χ0n) is 12.5. The van der Waals surface area contributed by atoms with Crippen molar-refractivity contribution in [1.82, 2.24) is 9.78 Å². The molecule has 0 fully saturated rings. The SMILES string of the molecule is COc1ccc(-c2cc(C(=O)O)n(C(C)C)n2)cc1OC. The van der Waals surface area contributed by atoms with Gasteiger partial charge in [0.2, 0.25) is 0 Å². The second-order valence-electron chi connectivity index (χ2n) is 4.83. The third kappa shape index (κ3) is 2.84. The highest BCUT2D eigenvalue weighted by molar-refractivity contribution is 5.87. The molecule has 0 atom stereocenters. The number of carboxylic acid groups (broad SMARTS) is 1. The first-order chi connectivity index (χ1) is 9.97. The Morgan fingerprint density at radius 3 is 2.33 bits per heavy atom. The molecule has 0 saturated carbocycles. The number of aromatic nitrogens is 2. The lowest BCUT2D eigenvalue weighted by molar-refractivity contribution is 0.0681. The zero-order valence-corrected chi connectivity index (χ0v) is 12.5. The summed E-state index contributed by atoms with van der Waals surface area (Å²) in [4.78, 5) is 11.3. The molecule has 1 heterocycles. The number of nitrogens with zero attached hydrogens (tertiary/aromatic N) is 2. The molecular weight excluding hydrogens is 272 g/mol. The first kappa shape index (κ1) is 14.9. The van der Waals surface area contributed by atoms with E-state index in [1.54, 1.807) is 32.4 Å². The number of aromatic carboxylic acids is 1. The number of rotatable bonds is 5. The van der Waals surface area contributed by atoms with E-state index in [2.05, 4.69) is 5.10 Å². The average Bonchev–Trinajstić information content (AvgIpc) is 2.92. The maximum Gasteiger partial charge on any atom is 0.354 e. The van der Waals surface area contributed by atoms with E-state index in [0.717, 1.165) is 5.56 Å². The highest BCUT2D eigenvalue weighted by Gasteiger charge is 2.18. The van der Waals surface area contributed by atoms with Crippen molar-refractivity contribution < 1.29 is 19.4 Å². The van der Waals surface area contributed by atoms with Crippen LogP contribution in [0.4, 0.5) is 0 Å². The monoisotopic (exact) mass is 290 g/mol. The van der Waals surface area contributed by atoms with E-state index in [9.17, 15) is 9.90 Å². The molecule has 0 saturated heterocycles. The van der Waals surface area contributed by atoms with E-state index < -0.39 is 5.97 Å². The van der Waals surface area contributed by atoms with Crippen molar-refractivity contribution in [2.24, 2.45) is 0 Å². The summed E-state index contributed by atoms with van der Waals surface area (Å²) in [6.07, 6.45) is 0. The second kappa shape index (κ2) is 5.87. The second-order valence-corrected chi connectivity index (χ2v) is 4.83. The lowest BCUT2D eigenvalue weighted by atomic mass is 10.1. The number of ether oxygens (including phenoxy) is 2. The third-order valence-corrected chi connectivity index (χ3v) is 3.12. The van der Waals surface area contributed by atoms with E-state index in [1.165, 1.54) is 4.68 Å². The Labute approximate surface area is 122 Å². The molecule has 21 heavy (non-hydrogen) atoms. The van der Waals surface area contributed by atoms with Gasteiger partial charge in [0.1, 0.15) is 5.69 Å². The molecule has 1 N–H and O–H groups in total. The van der Waals surface area contributed by atoms with Crippen LogP contribution in [-0.2, 0) is 0 Å². The van der Waals surface area contributed by atoms with Crippen LogP contribution in [0.2, 0.25) is 0 Å². The number of hydrogen-bond donors (Lipinski definition) is 1. The van der Waals surface area contributed by atoms with Gasteiger partial charge in [-0.1, -0.05) is 0 Å². The lowest BCUT2D eigenvalue weighted by Gasteiger charge is -2.09. The quantitative estimate of drug-likeness (QED) is 0.916. The molecule has 0 aliphatic carbocycles. The molecular formula is C15H18N2O4. The highest BCUT2D eigenvalue weighted by atomic mass is 16.5. The minimum atomic E-state index is -0.997. The van der Waals surface area contributed by atoms with Gasteiger partial charge in [0, 0.05) is 11.6 Å². The molecule has 0 radical (unpaired) electrons. The van der Waals surface area contributed by atoms with Crippen LogP contribution >= 0.6 is 0 Å². The van der Waals surface area contributed by atoms with Gasteiger partial charge >= 0.3 is 5.97 Å². The molecule has 6 heteroatoms. The molecule has 0 amide bonds. The maximum absolute atomic E-state index is 11.3. The molecule has 2 rings (SSSR count). The van der Waals surface area contributed by atoms with Gasteiger partial charge in [-0.2, -0.15) is 5.10 Å². The van der Waals surface area contributed by atoms with Crippen molar-refractivity contribution in [3.63, 3.8) is 0 Å². The first-order valence-corrected chi connectivity index (χ1v) is 6.53. The Morgan fingerprint density at radius 2 is 1.86 bits per heavy atom. The summed E-state index contributed by atoms with van der Waals surface area (Å²) in [5.41, 5.74) is 1.52. The summed E-state index contributed by atoms with van der Waals surface area (Å²) < 4.78 is 11.9. The van der Waals surface area contributed by atoms with Crippen LogP contribution < -0.4 is 9.47 Å². The van der Waals surface area contributed by atoms with Crippen molar-refractivity contribution in [2.45, 2.75) is 19.9 Å². The minimum absolute atomic E-state index is 0.0370. The van der Waals surface area contributed by atoms with Crippen LogP contribution in [0.3, 0.4) is 0 Å². The molecule has 0 aliphatic rings. The molecule has 0 bridgehead atoms. The topological polar surface area (TPSA) is 73.6 Å². The van der Waals surface area contributed by atoms with Gasteiger partial charge in [0.15, 0.2) is 11.5 Å². The molecule has 1 aromatic heterocycles. The van der Waals surface area contributed by atoms with Gasteiger partial charge in [0.25, 0.3) is 0 Å². The van der Waals surface area contributed by atoms with Gasteiger partial charge in [-0.05, 0) is 38.1 Å². The Hall–Kier alpha value is -2.50. The molecule has 0 spiro atoms. The maximum atomic E-state index is 11.3. The van der Waals surface area contributed by atoms with Crippen LogP contribution in [0.15, 0.2) is 24.3 Å². The standard InChI is InChI=1S/C15H18N2O4/c1-9(2)17-12(15(18)19)8-11(16-17)10-5-6-13(20-3)14(7-10)21-4/h5-9H,1-4H3,(H,18,19). The summed E-state index contributed by atoms with van der Waals surface area (Å²) in [5.74, 6) is 0.192. The Bertz CT molecular complexity index is 662. The summed E-state index contributed by atoms with van der Waals surface area (Å²) in [5, 5.41) is 13.6. The molecule has 1 aromatic carbocycles. The van der Waals surface area contributed by atoms with E-state index in [4.69, 9.17) is 9.47 Å². The third-order valence-electron chi connectivity index (χ3n) is 3.12. The van der Waals surface area contributed by atoms with Crippen LogP contribution in [0.1, 0.15) is 30.4 Å². The van der Waals surface area contributed by atoms with Crippen LogP contribution in [0.5, 0.6) is 11.5 Å². The molecule has 2 aromatic rings. The van der Waals surface area contributed by atoms with Crippen LogP contribution in [-0.4, -0.2) is 35.1 Å². The highest BCUT2D eigenvalue weighted by Crippen LogP contribution is 2.32. The number of hydrogen-bond acceptors (Lipinski definition) is 4. The summed E-state index contributed by atoms with van der Waals surface area (Å²) in [6, 6.07) is 6.88.